The summed E-state index contributed by atoms with van der Waals surface area (Å²) in [5, 5.41) is 76.6. The summed E-state index contributed by atoms with van der Waals surface area (Å²) in [5.74, 6) is -0.700. The minimum atomic E-state index is -1.67. The first-order valence-electron chi connectivity index (χ1n) is 37.7. The van der Waals surface area contributed by atoms with Crippen molar-refractivity contribution in [2.75, 3.05) is 13.2 Å². The highest BCUT2D eigenvalue weighted by molar-refractivity contribution is 5.80. The van der Waals surface area contributed by atoms with Crippen molar-refractivity contribution in [3.8, 4) is 0 Å². The van der Waals surface area contributed by atoms with E-state index in [9.17, 15) is 40.5 Å². The van der Waals surface area contributed by atoms with Gasteiger partial charge in [-0.25, -0.2) is 0 Å². The first-order chi connectivity index (χ1) is 42.2. The lowest BCUT2D eigenvalue weighted by Crippen LogP contribution is -2.60. The molecule has 9 unspecified atom stereocenters. The summed E-state index contributed by atoms with van der Waals surface area (Å²) in [7, 11) is 0. The molecule has 0 saturated carbocycles. The Morgan fingerprint density at radius 2 is 0.686 bits per heavy atom. The molecule has 1 saturated heterocycles. The van der Waals surface area contributed by atoms with Gasteiger partial charge in [0.25, 0.3) is 0 Å². The predicted molar refractivity (Wildman–Crippen MR) is 362 cm³/mol. The Hall–Kier alpha value is -1.41. The Kier molecular flexibility index (Phi) is 61.2. The molecule has 0 spiro atoms. The van der Waals surface area contributed by atoms with Crippen LogP contribution in [0.2, 0.25) is 0 Å². The second-order valence-corrected chi connectivity index (χ2v) is 26.7. The molecule has 9 atom stereocenters. The first kappa shape index (κ1) is 82.6. The summed E-state index contributed by atoms with van der Waals surface area (Å²) in [5.41, 5.74) is 0. The Bertz CT molecular complexity index is 1450. The largest absolute Gasteiger partial charge is 0.394 e. The lowest BCUT2D eigenvalue weighted by atomic mass is 9.98. The molecule has 0 radical (unpaired) electrons. The van der Waals surface area contributed by atoms with Crippen molar-refractivity contribution >= 4 is 5.91 Å². The lowest BCUT2D eigenvalue weighted by Gasteiger charge is -2.40. The number of rotatable bonds is 67. The standard InChI is InChI=1S/C75H145NO10/c1-3-5-7-9-11-13-15-17-19-21-23-25-27-29-31-32-33-34-35-37-38-40-42-44-46-48-50-52-54-56-58-60-62-67(78)70(80)66(65-85-75-73(83)72(82)71(81)69(64-77)86-75)76-74(84)68(79)63-61-59-57-55-53-51-49-47-45-43-41-39-36-30-28-26-24-22-20-18-16-14-12-10-8-6-4-2/h30,36,54,56,66-73,75,77-83H,3-29,31-35,37-53,55,57-65H2,1-2H3,(H,76,84)/b36-30-,56-54+. The fourth-order valence-corrected chi connectivity index (χ4v) is 12.4. The van der Waals surface area contributed by atoms with E-state index in [1.165, 1.54) is 302 Å². The van der Waals surface area contributed by atoms with Crippen LogP contribution in [0.3, 0.4) is 0 Å². The number of nitrogens with one attached hydrogen (secondary N) is 1. The van der Waals surface area contributed by atoms with Gasteiger partial charge in [0.2, 0.25) is 5.91 Å². The number of hydrogen-bond acceptors (Lipinski definition) is 10. The van der Waals surface area contributed by atoms with Gasteiger partial charge < -0.3 is 50.5 Å². The molecule has 1 fully saturated rings. The van der Waals surface area contributed by atoms with E-state index >= 15 is 0 Å². The van der Waals surface area contributed by atoms with Gasteiger partial charge in [-0.15, -0.1) is 0 Å². The van der Waals surface area contributed by atoms with Gasteiger partial charge in [-0.2, -0.15) is 0 Å². The molecule has 86 heavy (non-hydrogen) atoms. The van der Waals surface area contributed by atoms with Crippen molar-refractivity contribution < 1.29 is 50.0 Å². The lowest BCUT2D eigenvalue weighted by molar-refractivity contribution is -0.303. The van der Waals surface area contributed by atoms with Crippen LogP contribution in [0, 0.1) is 0 Å². The van der Waals surface area contributed by atoms with E-state index in [4.69, 9.17) is 9.47 Å². The third kappa shape index (κ3) is 50.3. The molecule has 0 aromatic carbocycles. The number of carbonyl (C=O) groups excluding carboxylic acids is 1. The molecule has 1 aliphatic heterocycles. The minimum absolute atomic E-state index is 0.255. The van der Waals surface area contributed by atoms with Gasteiger partial charge in [0, 0.05) is 0 Å². The van der Waals surface area contributed by atoms with Gasteiger partial charge >= 0.3 is 0 Å². The monoisotopic (exact) mass is 1220 g/mol. The highest BCUT2D eigenvalue weighted by Crippen LogP contribution is 2.24. The predicted octanol–water partition coefficient (Wildman–Crippen LogP) is 18.8. The molecule has 510 valence electrons. The van der Waals surface area contributed by atoms with Gasteiger partial charge in [0.1, 0.15) is 36.6 Å². The van der Waals surface area contributed by atoms with E-state index in [2.05, 4.69) is 43.5 Å². The van der Waals surface area contributed by atoms with Gasteiger partial charge in [-0.3, -0.25) is 4.79 Å². The second-order valence-electron chi connectivity index (χ2n) is 26.7. The average molecular weight is 1220 g/mol. The summed E-state index contributed by atoms with van der Waals surface area (Å²) in [4.78, 5) is 13.3. The zero-order chi connectivity index (χ0) is 62.4. The smallest absolute Gasteiger partial charge is 0.249 e. The minimum Gasteiger partial charge on any atom is -0.394 e. The molecule has 0 aromatic heterocycles. The number of aliphatic hydroxyl groups excluding tert-OH is 7. The van der Waals surface area contributed by atoms with Crippen LogP contribution in [0.5, 0.6) is 0 Å². The molecule has 1 aliphatic rings. The number of ether oxygens (including phenoxy) is 2. The van der Waals surface area contributed by atoms with Crippen LogP contribution in [-0.2, 0) is 14.3 Å². The quantitative estimate of drug-likeness (QED) is 0.0215. The first-order valence-corrected chi connectivity index (χ1v) is 37.7. The van der Waals surface area contributed by atoms with E-state index < -0.39 is 74.2 Å². The highest BCUT2D eigenvalue weighted by atomic mass is 16.7. The molecule has 1 heterocycles. The number of amides is 1. The molecule has 11 heteroatoms. The zero-order valence-electron chi connectivity index (χ0n) is 56.6. The molecule has 1 rings (SSSR count). The van der Waals surface area contributed by atoms with Crippen LogP contribution in [0.25, 0.3) is 0 Å². The Balaban J connectivity index is 2.18. The van der Waals surface area contributed by atoms with Gasteiger partial charge in [-0.1, -0.05) is 340 Å². The maximum Gasteiger partial charge on any atom is 0.249 e. The average Bonchev–Trinajstić information content (AvgIpc) is 3.00. The number of allylic oxidation sites excluding steroid dienone is 4. The fourth-order valence-electron chi connectivity index (χ4n) is 12.4. The molecule has 0 aromatic rings. The van der Waals surface area contributed by atoms with Crippen LogP contribution in [0.15, 0.2) is 24.3 Å². The molecule has 1 amide bonds. The Morgan fingerprint density at radius 1 is 0.395 bits per heavy atom. The number of unbranched alkanes of at least 4 members (excludes halogenated alkanes) is 51. The van der Waals surface area contributed by atoms with Crippen LogP contribution in [0.1, 0.15) is 380 Å². The number of aliphatic hydroxyl groups is 7. The molecule has 11 nitrogen and oxygen atoms in total. The Morgan fingerprint density at radius 3 is 1.00 bits per heavy atom. The van der Waals surface area contributed by atoms with Crippen molar-refractivity contribution in [2.45, 2.75) is 435 Å². The maximum atomic E-state index is 13.3. The summed E-state index contributed by atoms with van der Waals surface area (Å²) < 4.78 is 11.2. The van der Waals surface area contributed by atoms with Crippen LogP contribution >= 0.6 is 0 Å². The maximum absolute atomic E-state index is 13.3. The molecular formula is C75H145NO10. The van der Waals surface area contributed by atoms with Crippen molar-refractivity contribution in [1.29, 1.82) is 0 Å². The summed E-state index contributed by atoms with van der Waals surface area (Å²) in [6.07, 6.45) is 70.0. The number of carbonyl (C=O) groups is 1. The Labute approximate surface area is 531 Å². The summed E-state index contributed by atoms with van der Waals surface area (Å²) >= 11 is 0. The van der Waals surface area contributed by atoms with Crippen molar-refractivity contribution in [2.24, 2.45) is 0 Å². The van der Waals surface area contributed by atoms with Crippen molar-refractivity contribution in [1.82, 2.24) is 5.32 Å². The second kappa shape index (κ2) is 63.7. The molecule has 0 bridgehead atoms. The van der Waals surface area contributed by atoms with Crippen LogP contribution in [0.4, 0.5) is 0 Å². The van der Waals surface area contributed by atoms with Crippen molar-refractivity contribution in [3.05, 3.63) is 24.3 Å². The van der Waals surface area contributed by atoms with E-state index in [0.29, 0.717) is 12.8 Å². The summed E-state index contributed by atoms with van der Waals surface area (Å²) in [6, 6.07) is -1.19. The molecule has 0 aliphatic carbocycles. The van der Waals surface area contributed by atoms with E-state index in [1.807, 2.05) is 0 Å². The van der Waals surface area contributed by atoms with Gasteiger partial charge in [0.15, 0.2) is 6.29 Å². The SMILES string of the molecule is CCCCCCCCCCCCCC/C=C\CCCCCCCCCCCCCC(O)C(=O)NC(COC1OC(CO)C(O)C(O)C1O)C(O)C(O)CCC/C=C/CCCCCCCCCCCCCCCCCCCCCCCCCCCCC. The van der Waals surface area contributed by atoms with Crippen LogP contribution < -0.4 is 5.32 Å². The highest BCUT2D eigenvalue weighted by Gasteiger charge is 2.44. The summed E-state index contributed by atoms with van der Waals surface area (Å²) in [6.45, 7) is 3.51. The third-order valence-electron chi connectivity index (χ3n) is 18.5. The van der Waals surface area contributed by atoms with E-state index in [0.717, 1.165) is 38.5 Å². The fraction of sp³-hybridized carbons (Fsp3) is 0.933. The third-order valence-corrected chi connectivity index (χ3v) is 18.5. The van der Waals surface area contributed by atoms with Gasteiger partial charge in [0.05, 0.1) is 25.4 Å². The van der Waals surface area contributed by atoms with E-state index in [1.54, 1.807) is 0 Å². The van der Waals surface area contributed by atoms with Crippen LogP contribution in [-0.4, -0.2) is 110 Å². The normalized spacial score (nSPS) is 18.8. The topological polar surface area (TPSA) is 189 Å². The van der Waals surface area contributed by atoms with E-state index in [-0.39, 0.29) is 12.8 Å². The van der Waals surface area contributed by atoms with Gasteiger partial charge in [-0.05, 0) is 64.2 Å². The number of hydrogen-bond donors (Lipinski definition) is 8. The van der Waals surface area contributed by atoms with Crippen molar-refractivity contribution in [3.63, 3.8) is 0 Å². The molecular weight excluding hydrogens is 1070 g/mol. The molecule has 8 N–H and O–H groups in total. The zero-order valence-corrected chi connectivity index (χ0v) is 56.6.